The van der Waals surface area contributed by atoms with Crippen LogP contribution >= 0.6 is 0 Å². The van der Waals surface area contributed by atoms with E-state index in [1.165, 1.54) is 21.1 Å². The van der Waals surface area contributed by atoms with E-state index in [1.54, 1.807) is 24.3 Å². The summed E-state index contributed by atoms with van der Waals surface area (Å²) in [5.74, 6) is -3.10. The molecule has 0 saturated carbocycles. The number of hydrogen-bond donors (Lipinski definition) is 5. The molecule has 0 fully saturated rings. The maximum atomic E-state index is 13.3. The Morgan fingerprint density at radius 1 is 0.818 bits per heavy atom. The van der Waals surface area contributed by atoms with Gasteiger partial charge in [0.1, 0.15) is 51.0 Å². The van der Waals surface area contributed by atoms with Crippen LogP contribution in [0.4, 0.5) is 0 Å². The number of ether oxygens (including phenoxy) is 2. The highest BCUT2D eigenvalue weighted by atomic mass is 16.5. The molecule has 1 heterocycles. The minimum Gasteiger partial charge on any atom is -0.507 e. The molecule has 0 bridgehead atoms. The van der Waals surface area contributed by atoms with Gasteiger partial charge in [-0.1, -0.05) is 30.3 Å². The highest BCUT2D eigenvalue weighted by Gasteiger charge is 2.29. The van der Waals surface area contributed by atoms with Gasteiger partial charge in [-0.3, -0.25) is 9.59 Å². The van der Waals surface area contributed by atoms with Crippen LogP contribution in [0.1, 0.15) is 39.0 Å². The van der Waals surface area contributed by atoms with Gasteiger partial charge in [-0.25, -0.2) is 0 Å². The van der Waals surface area contributed by atoms with Crippen LogP contribution in [0.25, 0.3) is 22.3 Å². The number of hydrogen-bond acceptors (Lipinski definition) is 10. The summed E-state index contributed by atoms with van der Waals surface area (Å²) >= 11 is 0. The van der Waals surface area contributed by atoms with Gasteiger partial charge in [-0.05, 0) is 43.2 Å². The van der Waals surface area contributed by atoms with E-state index in [0.717, 1.165) is 11.6 Å². The minimum atomic E-state index is -0.953. The minimum absolute atomic E-state index is 0.0108. The molecule has 0 aliphatic rings. The molecule has 0 aliphatic heterocycles. The van der Waals surface area contributed by atoms with Gasteiger partial charge in [0, 0.05) is 41.2 Å². The maximum absolute atomic E-state index is 13.3. The zero-order chi connectivity index (χ0) is 31.7. The molecule has 0 spiro atoms. The van der Waals surface area contributed by atoms with E-state index in [1.807, 2.05) is 30.3 Å². The quantitative estimate of drug-likeness (QED) is 0.132. The van der Waals surface area contributed by atoms with Crippen molar-refractivity contribution in [3.63, 3.8) is 0 Å². The van der Waals surface area contributed by atoms with E-state index in [9.17, 15) is 35.1 Å². The lowest BCUT2D eigenvalue weighted by Crippen LogP contribution is -2.08. The topological polar surface area (TPSA) is 167 Å². The Labute approximate surface area is 251 Å². The molecular formula is C34H30O10. The Morgan fingerprint density at radius 3 is 2.14 bits per heavy atom. The summed E-state index contributed by atoms with van der Waals surface area (Å²) in [7, 11) is 2.80. The fourth-order valence-corrected chi connectivity index (χ4v) is 5.29. The van der Waals surface area contributed by atoms with Crippen LogP contribution in [0.15, 0.2) is 69.9 Å². The third-order valence-corrected chi connectivity index (χ3v) is 7.60. The first kappa shape index (κ1) is 29.8. The second-order valence-electron chi connectivity index (χ2n) is 10.2. The van der Waals surface area contributed by atoms with Gasteiger partial charge in [0.2, 0.25) is 11.2 Å². The number of rotatable bonds is 9. The molecular weight excluding hydrogens is 568 g/mol. The lowest BCUT2D eigenvalue weighted by atomic mass is 9.91. The van der Waals surface area contributed by atoms with Crippen molar-refractivity contribution in [3.8, 4) is 51.6 Å². The van der Waals surface area contributed by atoms with Gasteiger partial charge in [0.25, 0.3) is 0 Å². The average Bonchev–Trinajstić information content (AvgIpc) is 3.02. The molecule has 1 aromatic heterocycles. The van der Waals surface area contributed by atoms with E-state index in [-0.39, 0.29) is 52.2 Å². The van der Waals surface area contributed by atoms with Crippen LogP contribution in [0, 0.1) is 6.92 Å². The standard InChI is InChI=1S/C34H30O10/c1-17-28(38)26(23(35)14-9-18-7-5-4-6-8-18)29(39)22(32(17)43-3)15-21-24(36)16-25(37)27-30(40)31(41)33(44-34(21)27)19-10-12-20(42-2)13-11-19/h4-8,10-13,16,36-39,41H,9,14-15H2,1-3H3. The number of carbonyl (C=O) groups is 1. The summed E-state index contributed by atoms with van der Waals surface area (Å²) < 4.78 is 16.6. The molecule has 0 radical (unpaired) electrons. The molecule has 0 saturated heterocycles. The van der Waals surface area contributed by atoms with Gasteiger partial charge in [0.15, 0.2) is 11.5 Å². The van der Waals surface area contributed by atoms with Crippen molar-refractivity contribution in [2.75, 3.05) is 14.2 Å². The zero-order valence-electron chi connectivity index (χ0n) is 24.2. The van der Waals surface area contributed by atoms with Crippen molar-refractivity contribution < 1.29 is 44.2 Å². The van der Waals surface area contributed by atoms with Gasteiger partial charge < -0.3 is 39.4 Å². The first-order valence-corrected chi connectivity index (χ1v) is 13.6. The van der Waals surface area contributed by atoms with Gasteiger partial charge in [0.05, 0.1) is 14.2 Å². The Balaban J connectivity index is 1.67. The van der Waals surface area contributed by atoms with E-state index in [4.69, 9.17) is 13.9 Å². The number of phenolic OH excluding ortho intramolecular Hbond substituents is 4. The third kappa shape index (κ3) is 5.22. The second kappa shape index (κ2) is 11.9. The van der Waals surface area contributed by atoms with Crippen LogP contribution < -0.4 is 14.9 Å². The third-order valence-electron chi connectivity index (χ3n) is 7.60. The lowest BCUT2D eigenvalue weighted by molar-refractivity contribution is 0.0977. The van der Waals surface area contributed by atoms with E-state index in [2.05, 4.69) is 0 Å². The molecule has 4 aromatic carbocycles. The molecule has 5 N–H and O–H groups in total. The number of ketones is 1. The maximum Gasteiger partial charge on any atom is 0.238 e. The lowest BCUT2D eigenvalue weighted by Gasteiger charge is -2.19. The molecule has 0 amide bonds. The molecule has 0 unspecified atom stereocenters. The van der Waals surface area contributed by atoms with Gasteiger partial charge in [-0.2, -0.15) is 0 Å². The summed E-state index contributed by atoms with van der Waals surface area (Å²) in [6, 6.07) is 16.5. The smallest absolute Gasteiger partial charge is 0.238 e. The number of Topliss-reactive ketones (excluding diaryl/α,β-unsaturated/α-hetero) is 1. The Morgan fingerprint density at radius 2 is 1.50 bits per heavy atom. The number of aryl methyl sites for hydroxylation is 1. The van der Waals surface area contributed by atoms with E-state index in [0.29, 0.717) is 17.7 Å². The highest BCUT2D eigenvalue weighted by molar-refractivity contribution is 6.03. The fraction of sp³-hybridized carbons (Fsp3) is 0.176. The summed E-state index contributed by atoms with van der Waals surface area (Å²) in [5, 5.41) is 54.2. The summed E-state index contributed by atoms with van der Waals surface area (Å²) in [6.07, 6.45) is 0.00170. The molecule has 10 heteroatoms. The predicted molar refractivity (Wildman–Crippen MR) is 162 cm³/mol. The van der Waals surface area contributed by atoms with Crippen molar-refractivity contribution in [2.24, 2.45) is 0 Å². The largest absolute Gasteiger partial charge is 0.507 e. The predicted octanol–water partition coefficient (Wildman–Crippen LogP) is 5.72. The van der Waals surface area contributed by atoms with Gasteiger partial charge >= 0.3 is 0 Å². The molecule has 226 valence electrons. The second-order valence-corrected chi connectivity index (χ2v) is 10.2. The normalized spacial score (nSPS) is 11.1. The van der Waals surface area contributed by atoms with Crippen LogP contribution in [0.3, 0.4) is 0 Å². The first-order valence-electron chi connectivity index (χ1n) is 13.6. The number of benzene rings is 4. The first-order chi connectivity index (χ1) is 21.1. The fourth-order valence-electron chi connectivity index (χ4n) is 5.29. The molecule has 5 aromatic rings. The summed E-state index contributed by atoms with van der Waals surface area (Å²) in [5.41, 5.74) is -0.175. The number of phenols is 4. The highest BCUT2D eigenvalue weighted by Crippen LogP contribution is 2.46. The summed E-state index contributed by atoms with van der Waals surface area (Å²) in [4.78, 5) is 26.6. The van der Waals surface area contributed by atoms with E-state index < -0.39 is 45.3 Å². The molecule has 0 aliphatic carbocycles. The average molecular weight is 599 g/mol. The molecule has 0 atom stereocenters. The van der Waals surface area contributed by atoms with Crippen molar-refractivity contribution in [3.05, 3.63) is 98.7 Å². The van der Waals surface area contributed by atoms with Crippen LogP contribution in [-0.2, 0) is 12.8 Å². The van der Waals surface area contributed by atoms with E-state index >= 15 is 0 Å². The van der Waals surface area contributed by atoms with Crippen molar-refractivity contribution in [2.45, 2.75) is 26.2 Å². The van der Waals surface area contributed by atoms with Crippen molar-refractivity contribution in [1.29, 1.82) is 0 Å². The van der Waals surface area contributed by atoms with Gasteiger partial charge in [-0.15, -0.1) is 0 Å². The number of methoxy groups -OCH3 is 2. The number of fused-ring (bicyclic) bond motifs is 1. The van der Waals surface area contributed by atoms with Crippen LogP contribution in [0.2, 0.25) is 0 Å². The monoisotopic (exact) mass is 598 g/mol. The Bertz CT molecular complexity index is 1940. The van der Waals surface area contributed by atoms with Crippen molar-refractivity contribution >= 4 is 16.8 Å². The van der Waals surface area contributed by atoms with Crippen LogP contribution in [0.5, 0.6) is 40.2 Å². The molecule has 10 nitrogen and oxygen atoms in total. The molecule has 44 heavy (non-hydrogen) atoms. The zero-order valence-corrected chi connectivity index (χ0v) is 24.2. The summed E-state index contributed by atoms with van der Waals surface area (Å²) in [6.45, 7) is 1.51. The Hall–Kier alpha value is -5.64. The van der Waals surface area contributed by atoms with Crippen molar-refractivity contribution in [1.82, 2.24) is 0 Å². The molecule has 5 rings (SSSR count). The van der Waals surface area contributed by atoms with Crippen LogP contribution in [-0.4, -0.2) is 45.5 Å². The Kier molecular flexibility index (Phi) is 8.09. The number of aromatic hydroxyl groups is 5. The SMILES string of the molecule is COc1ccc(-c2oc3c(Cc4c(O)c(C(=O)CCc5ccccc5)c(O)c(C)c4OC)c(O)cc(O)c3c(=O)c2O)cc1. The number of carbonyl (C=O) groups excluding carboxylic acids is 1.